The van der Waals surface area contributed by atoms with Gasteiger partial charge in [-0.15, -0.1) is 0 Å². The Morgan fingerprint density at radius 1 is 1.11 bits per heavy atom. The molecule has 1 atom stereocenters. The summed E-state index contributed by atoms with van der Waals surface area (Å²) >= 11 is 12.1. The molecule has 7 nitrogen and oxygen atoms in total. The van der Waals surface area contributed by atoms with Crippen molar-refractivity contribution in [3.63, 3.8) is 0 Å². The zero-order chi connectivity index (χ0) is 27.3. The van der Waals surface area contributed by atoms with Crippen LogP contribution in [0.3, 0.4) is 0 Å². The van der Waals surface area contributed by atoms with Crippen molar-refractivity contribution in [3.8, 4) is 0 Å². The zero-order valence-corrected chi connectivity index (χ0v) is 22.1. The number of alkyl halides is 3. The highest BCUT2D eigenvalue weighted by Crippen LogP contribution is 2.36. The molecule has 0 saturated heterocycles. The van der Waals surface area contributed by atoms with Gasteiger partial charge in [0.2, 0.25) is 21.8 Å². The normalized spacial score (nSPS) is 12.7. The Morgan fingerprint density at radius 2 is 1.78 bits per heavy atom. The smallest absolute Gasteiger partial charge is 0.354 e. The molecule has 1 N–H and O–H groups in total. The SMILES string of the molecule is CCCNC(=O)[C@@H](C)N(Cc1cccc(Cl)c1)C(=O)CN(c1cc(C(F)(F)F)ccc1Cl)S(C)(=O)=O. The minimum atomic E-state index is -4.77. The molecule has 2 aromatic carbocycles. The van der Waals surface area contributed by atoms with E-state index in [9.17, 15) is 31.2 Å². The number of anilines is 1. The van der Waals surface area contributed by atoms with Gasteiger partial charge in [-0.25, -0.2) is 8.42 Å². The van der Waals surface area contributed by atoms with Crippen LogP contribution in [0.25, 0.3) is 0 Å². The summed E-state index contributed by atoms with van der Waals surface area (Å²) < 4.78 is 65.5. The van der Waals surface area contributed by atoms with E-state index in [0.717, 1.165) is 17.2 Å². The number of benzene rings is 2. The number of nitrogens with zero attached hydrogens (tertiary/aromatic N) is 2. The first-order chi connectivity index (χ1) is 16.6. The lowest BCUT2D eigenvalue weighted by molar-refractivity contribution is -0.139. The van der Waals surface area contributed by atoms with E-state index in [4.69, 9.17) is 23.2 Å². The number of halogens is 5. The molecule has 0 spiro atoms. The van der Waals surface area contributed by atoms with Crippen molar-refractivity contribution < 1.29 is 31.2 Å². The molecule has 2 rings (SSSR count). The Morgan fingerprint density at radius 3 is 2.33 bits per heavy atom. The molecular formula is C23H26Cl2F3N3O4S. The van der Waals surface area contributed by atoms with E-state index in [0.29, 0.717) is 40.0 Å². The van der Waals surface area contributed by atoms with Crippen LogP contribution in [0.2, 0.25) is 10.0 Å². The van der Waals surface area contributed by atoms with Crippen LogP contribution in [-0.2, 0) is 32.3 Å². The zero-order valence-electron chi connectivity index (χ0n) is 19.8. The van der Waals surface area contributed by atoms with Gasteiger partial charge in [-0.1, -0.05) is 42.3 Å². The van der Waals surface area contributed by atoms with E-state index in [2.05, 4.69) is 5.32 Å². The fraction of sp³-hybridized carbons (Fsp3) is 0.391. The minimum absolute atomic E-state index is 0.103. The number of sulfonamides is 1. The van der Waals surface area contributed by atoms with Crippen molar-refractivity contribution in [2.45, 2.75) is 39.0 Å². The van der Waals surface area contributed by atoms with Crippen LogP contribution in [-0.4, -0.2) is 50.5 Å². The summed E-state index contributed by atoms with van der Waals surface area (Å²) in [6.45, 7) is 2.69. The lowest BCUT2D eigenvalue weighted by Gasteiger charge is -2.32. The Hall–Kier alpha value is -2.50. The highest BCUT2D eigenvalue weighted by atomic mass is 35.5. The molecule has 198 valence electrons. The van der Waals surface area contributed by atoms with Gasteiger partial charge in [-0.2, -0.15) is 13.2 Å². The fourth-order valence-corrected chi connectivity index (χ4v) is 4.62. The number of hydrogen-bond donors (Lipinski definition) is 1. The summed E-state index contributed by atoms with van der Waals surface area (Å²) in [4.78, 5) is 27.2. The number of nitrogens with one attached hydrogen (secondary N) is 1. The predicted octanol–water partition coefficient (Wildman–Crippen LogP) is 4.72. The topological polar surface area (TPSA) is 86.8 Å². The first kappa shape index (κ1) is 29.7. The largest absolute Gasteiger partial charge is 0.416 e. The van der Waals surface area contributed by atoms with Crippen LogP contribution in [0.1, 0.15) is 31.4 Å². The van der Waals surface area contributed by atoms with E-state index in [-0.39, 0.29) is 11.6 Å². The lowest BCUT2D eigenvalue weighted by Crippen LogP contribution is -2.51. The highest BCUT2D eigenvalue weighted by Gasteiger charge is 2.34. The first-order valence-electron chi connectivity index (χ1n) is 10.8. The molecule has 0 saturated carbocycles. The van der Waals surface area contributed by atoms with Crippen molar-refractivity contribution in [2.75, 3.05) is 23.7 Å². The van der Waals surface area contributed by atoms with E-state index in [1.165, 1.54) is 6.92 Å². The maximum atomic E-state index is 13.4. The second kappa shape index (κ2) is 12.2. The average molecular weight is 568 g/mol. The summed E-state index contributed by atoms with van der Waals surface area (Å²) in [5.41, 5.74) is -1.08. The second-order valence-electron chi connectivity index (χ2n) is 8.05. The standard InChI is InChI=1S/C23H26Cl2F3N3O4S/c1-4-10-29-22(33)15(2)30(13-16-6-5-7-18(24)11-16)21(32)14-31(36(3,34)35)20-12-17(23(26,27)28)8-9-19(20)25/h5-9,11-12,15H,4,10,13-14H2,1-3H3,(H,29,33)/t15-/m1/s1. The van der Waals surface area contributed by atoms with Crippen molar-refractivity contribution in [2.24, 2.45) is 0 Å². The average Bonchev–Trinajstić information content (AvgIpc) is 2.78. The van der Waals surface area contributed by atoms with Crippen LogP contribution in [0.15, 0.2) is 42.5 Å². The molecule has 36 heavy (non-hydrogen) atoms. The Labute approximate surface area is 218 Å². The molecule has 0 bridgehead atoms. The minimum Gasteiger partial charge on any atom is -0.354 e. The van der Waals surface area contributed by atoms with Crippen LogP contribution < -0.4 is 9.62 Å². The van der Waals surface area contributed by atoms with Crippen LogP contribution in [0.4, 0.5) is 18.9 Å². The summed E-state index contributed by atoms with van der Waals surface area (Å²) in [7, 11) is -4.26. The number of carbonyl (C=O) groups excluding carboxylic acids is 2. The monoisotopic (exact) mass is 567 g/mol. The van der Waals surface area contributed by atoms with Gasteiger partial charge in [0.1, 0.15) is 12.6 Å². The molecule has 0 aliphatic rings. The number of amides is 2. The summed E-state index contributed by atoms with van der Waals surface area (Å²) in [6, 6.07) is 7.67. The third-order valence-electron chi connectivity index (χ3n) is 5.18. The third-order valence-corrected chi connectivity index (χ3v) is 6.86. The van der Waals surface area contributed by atoms with Gasteiger partial charge in [0.25, 0.3) is 0 Å². The number of carbonyl (C=O) groups is 2. The summed E-state index contributed by atoms with van der Waals surface area (Å²) in [6.07, 6.45) is -3.37. The molecule has 2 aromatic rings. The van der Waals surface area contributed by atoms with Gasteiger partial charge in [-0.3, -0.25) is 13.9 Å². The predicted molar refractivity (Wildman–Crippen MR) is 133 cm³/mol. The van der Waals surface area contributed by atoms with Gasteiger partial charge < -0.3 is 10.2 Å². The molecule has 0 fully saturated rings. The van der Waals surface area contributed by atoms with Crippen LogP contribution in [0.5, 0.6) is 0 Å². The van der Waals surface area contributed by atoms with Crippen LogP contribution >= 0.6 is 23.2 Å². The number of hydrogen-bond acceptors (Lipinski definition) is 4. The quantitative estimate of drug-likeness (QED) is 0.450. The molecule has 0 aliphatic heterocycles. The Balaban J connectivity index is 2.48. The summed E-state index contributed by atoms with van der Waals surface area (Å²) in [5, 5.41) is 2.77. The molecule has 2 amide bonds. The lowest BCUT2D eigenvalue weighted by atomic mass is 10.1. The molecule has 0 unspecified atom stereocenters. The van der Waals surface area contributed by atoms with Crippen molar-refractivity contribution in [3.05, 3.63) is 63.6 Å². The molecule has 0 aliphatic carbocycles. The van der Waals surface area contributed by atoms with Gasteiger partial charge >= 0.3 is 6.18 Å². The van der Waals surface area contributed by atoms with Gasteiger partial charge in [0, 0.05) is 18.1 Å². The van der Waals surface area contributed by atoms with E-state index in [1.54, 1.807) is 24.3 Å². The van der Waals surface area contributed by atoms with Gasteiger partial charge in [-0.05, 0) is 49.2 Å². The maximum Gasteiger partial charge on any atom is 0.416 e. The van der Waals surface area contributed by atoms with Crippen molar-refractivity contribution in [1.82, 2.24) is 10.2 Å². The Kier molecular flexibility index (Phi) is 10.0. The van der Waals surface area contributed by atoms with E-state index in [1.807, 2.05) is 6.92 Å². The second-order valence-corrected chi connectivity index (χ2v) is 10.8. The molecule has 13 heteroatoms. The third kappa shape index (κ3) is 8.01. The number of rotatable bonds is 10. The summed E-state index contributed by atoms with van der Waals surface area (Å²) in [5.74, 6) is -1.30. The molecule has 0 aromatic heterocycles. The van der Waals surface area contributed by atoms with Gasteiger partial charge in [0.05, 0.1) is 22.5 Å². The Bertz CT molecular complexity index is 1210. The van der Waals surface area contributed by atoms with E-state index >= 15 is 0 Å². The van der Waals surface area contributed by atoms with Crippen LogP contribution in [0, 0.1) is 0 Å². The first-order valence-corrected chi connectivity index (χ1v) is 13.4. The molecule has 0 radical (unpaired) electrons. The maximum absolute atomic E-state index is 13.4. The van der Waals surface area contributed by atoms with E-state index < -0.39 is 51.9 Å². The molecular weight excluding hydrogens is 542 g/mol. The fourth-order valence-electron chi connectivity index (χ4n) is 3.29. The molecule has 0 heterocycles. The van der Waals surface area contributed by atoms with Gasteiger partial charge in [0.15, 0.2) is 0 Å². The van der Waals surface area contributed by atoms with Crippen molar-refractivity contribution in [1.29, 1.82) is 0 Å². The van der Waals surface area contributed by atoms with Crippen molar-refractivity contribution >= 4 is 50.7 Å². The highest BCUT2D eigenvalue weighted by molar-refractivity contribution is 7.92.